The summed E-state index contributed by atoms with van der Waals surface area (Å²) in [5.74, 6) is 0. The predicted octanol–water partition coefficient (Wildman–Crippen LogP) is 2.77. The SMILES string of the molecule is O=c1n(Cc2ccc(C(F)(F)F)nc2)nc2c(Br)c(Cl)ncn12. The molecule has 0 N–H and O–H groups in total. The van der Waals surface area contributed by atoms with Gasteiger partial charge >= 0.3 is 11.9 Å². The molecular weight excluding hydrogens is 403 g/mol. The maximum atomic E-state index is 12.5. The molecule has 0 spiro atoms. The van der Waals surface area contributed by atoms with Gasteiger partial charge in [0.05, 0.1) is 6.54 Å². The van der Waals surface area contributed by atoms with Crippen molar-refractivity contribution in [3.8, 4) is 0 Å². The normalized spacial score (nSPS) is 12.0. The molecule has 0 unspecified atom stereocenters. The third-order valence-electron chi connectivity index (χ3n) is 2.98. The molecule has 0 aliphatic rings. The third kappa shape index (κ3) is 2.95. The minimum Gasteiger partial charge on any atom is -0.251 e. The maximum absolute atomic E-state index is 12.5. The van der Waals surface area contributed by atoms with Crippen molar-refractivity contribution in [1.82, 2.24) is 24.1 Å². The van der Waals surface area contributed by atoms with Gasteiger partial charge in [-0.2, -0.15) is 13.2 Å². The Morgan fingerprint density at radius 2 is 2.00 bits per heavy atom. The van der Waals surface area contributed by atoms with Crippen LogP contribution in [0.4, 0.5) is 13.2 Å². The number of rotatable bonds is 2. The van der Waals surface area contributed by atoms with E-state index in [9.17, 15) is 18.0 Å². The van der Waals surface area contributed by atoms with Gasteiger partial charge in [0.2, 0.25) is 0 Å². The molecule has 3 aromatic rings. The van der Waals surface area contributed by atoms with Crippen LogP contribution in [0.25, 0.3) is 5.65 Å². The van der Waals surface area contributed by atoms with Gasteiger partial charge in [-0.15, -0.1) is 5.10 Å². The zero-order valence-electron chi connectivity index (χ0n) is 11.1. The number of hydrogen-bond donors (Lipinski definition) is 0. The first-order chi connectivity index (χ1) is 10.8. The fourth-order valence-corrected chi connectivity index (χ4v) is 2.39. The van der Waals surface area contributed by atoms with Crippen LogP contribution in [0.1, 0.15) is 11.3 Å². The van der Waals surface area contributed by atoms with Gasteiger partial charge in [-0.3, -0.25) is 4.98 Å². The number of fused-ring (bicyclic) bond motifs is 1. The summed E-state index contributed by atoms with van der Waals surface area (Å²) < 4.78 is 40.0. The number of nitrogens with zero attached hydrogens (tertiary/aromatic N) is 5. The Labute approximate surface area is 139 Å². The molecule has 3 heterocycles. The minimum absolute atomic E-state index is 0.0320. The minimum atomic E-state index is -4.51. The van der Waals surface area contributed by atoms with Crippen LogP contribution in [0, 0.1) is 0 Å². The fraction of sp³-hybridized carbons (Fsp3) is 0.167. The van der Waals surface area contributed by atoms with Crippen molar-refractivity contribution < 1.29 is 13.2 Å². The lowest BCUT2D eigenvalue weighted by Gasteiger charge is -2.06. The van der Waals surface area contributed by atoms with Crippen molar-refractivity contribution in [1.29, 1.82) is 0 Å². The quantitative estimate of drug-likeness (QED) is 0.612. The lowest BCUT2D eigenvalue weighted by Crippen LogP contribution is -2.22. The molecule has 3 aromatic heterocycles. The summed E-state index contributed by atoms with van der Waals surface area (Å²) in [6.07, 6.45) is -2.23. The second-order valence-electron chi connectivity index (χ2n) is 4.53. The van der Waals surface area contributed by atoms with Crippen LogP contribution < -0.4 is 5.69 Å². The highest BCUT2D eigenvalue weighted by molar-refractivity contribution is 9.10. The molecule has 0 aliphatic carbocycles. The molecule has 0 fully saturated rings. The highest BCUT2D eigenvalue weighted by Gasteiger charge is 2.32. The molecule has 0 bridgehead atoms. The molecule has 0 saturated carbocycles. The summed E-state index contributed by atoms with van der Waals surface area (Å²) in [5, 5.41) is 4.23. The van der Waals surface area contributed by atoms with E-state index in [1.807, 2.05) is 0 Å². The van der Waals surface area contributed by atoms with E-state index in [-0.39, 0.29) is 17.3 Å². The highest BCUT2D eigenvalue weighted by atomic mass is 79.9. The summed E-state index contributed by atoms with van der Waals surface area (Å²) in [4.78, 5) is 19.3. The molecule has 11 heteroatoms. The van der Waals surface area contributed by atoms with Gasteiger partial charge < -0.3 is 0 Å². The van der Waals surface area contributed by atoms with Crippen LogP contribution in [-0.2, 0) is 12.7 Å². The Kier molecular flexibility index (Phi) is 3.88. The van der Waals surface area contributed by atoms with Gasteiger partial charge in [0.25, 0.3) is 0 Å². The van der Waals surface area contributed by atoms with E-state index in [1.165, 1.54) is 16.8 Å². The average Bonchev–Trinajstić information content (AvgIpc) is 2.80. The molecule has 0 aliphatic heterocycles. The van der Waals surface area contributed by atoms with E-state index in [4.69, 9.17) is 11.6 Å². The Hall–Kier alpha value is -1.94. The zero-order valence-corrected chi connectivity index (χ0v) is 13.4. The molecule has 0 radical (unpaired) electrons. The third-order valence-corrected chi connectivity index (χ3v) is 4.23. The summed E-state index contributed by atoms with van der Waals surface area (Å²) in [6.45, 7) is -0.0320. The largest absolute Gasteiger partial charge is 0.433 e. The maximum Gasteiger partial charge on any atom is 0.433 e. The molecule has 23 heavy (non-hydrogen) atoms. The average molecular weight is 409 g/mol. The molecule has 0 aromatic carbocycles. The van der Waals surface area contributed by atoms with Gasteiger partial charge in [0.1, 0.15) is 21.6 Å². The first kappa shape index (κ1) is 15.9. The van der Waals surface area contributed by atoms with Crippen LogP contribution >= 0.6 is 27.5 Å². The van der Waals surface area contributed by atoms with Crippen molar-refractivity contribution in [3.63, 3.8) is 0 Å². The first-order valence-corrected chi connectivity index (χ1v) is 7.26. The van der Waals surface area contributed by atoms with E-state index >= 15 is 0 Å². The first-order valence-electron chi connectivity index (χ1n) is 6.08. The van der Waals surface area contributed by atoms with Gasteiger partial charge in [-0.05, 0) is 27.6 Å². The molecule has 6 nitrogen and oxygen atoms in total. The number of halogens is 5. The van der Waals surface area contributed by atoms with E-state index in [2.05, 4.69) is 31.0 Å². The van der Waals surface area contributed by atoms with E-state index < -0.39 is 17.6 Å². The van der Waals surface area contributed by atoms with Crippen LogP contribution in [0.15, 0.2) is 33.9 Å². The Morgan fingerprint density at radius 1 is 1.26 bits per heavy atom. The fourth-order valence-electron chi connectivity index (χ4n) is 1.89. The van der Waals surface area contributed by atoms with Crippen molar-refractivity contribution in [2.75, 3.05) is 0 Å². The summed E-state index contributed by atoms with van der Waals surface area (Å²) >= 11 is 9.01. The number of alkyl halides is 3. The van der Waals surface area contributed by atoms with Gasteiger partial charge in [-0.25, -0.2) is 18.9 Å². The lowest BCUT2D eigenvalue weighted by atomic mass is 10.2. The number of hydrogen-bond acceptors (Lipinski definition) is 4. The van der Waals surface area contributed by atoms with Crippen molar-refractivity contribution in [2.45, 2.75) is 12.7 Å². The van der Waals surface area contributed by atoms with Gasteiger partial charge in [-0.1, -0.05) is 17.7 Å². The van der Waals surface area contributed by atoms with Crippen molar-refractivity contribution >= 4 is 33.2 Å². The molecule has 0 amide bonds. The van der Waals surface area contributed by atoms with Gasteiger partial charge in [0, 0.05) is 6.20 Å². The zero-order chi connectivity index (χ0) is 16.8. The second-order valence-corrected chi connectivity index (χ2v) is 5.68. The monoisotopic (exact) mass is 407 g/mol. The van der Waals surface area contributed by atoms with Crippen LogP contribution in [0.5, 0.6) is 0 Å². The second kappa shape index (κ2) is 5.60. The van der Waals surface area contributed by atoms with Crippen LogP contribution in [0.2, 0.25) is 5.15 Å². The van der Waals surface area contributed by atoms with E-state index in [1.54, 1.807) is 0 Å². The van der Waals surface area contributed by atoms with E-state index in [0.29, 0.717) is 10.0 Å². The van der Waals surface area contributed by atoms with Crippen molar-refractivity contribution in [3.05, 3.63) is 56.0 Å². The molecule has 0 saturated heterocycles. The predicted molar refractivity (Wildman–Crippen MR) is 78.3 cm³/mol. The number of pyridine rings is 1. The molecule has 120 valence electrons. The summed E-state index contributed by atoms with van der Waals surface area (Å²) in [5.41, 5.74) is -0.833. The van der Waals surface area contributed by atoms with Gasteiger partial charge in [0.15, 0.2) is 5.65 Å². The molecular formula is C12H6BrClF3N5O. The summed E-state index contributed by atoms with van der Waals surface area (Å²) in [6, 6.07) is 2.09. The highest BCUT2D eigenvalue weighted by Crippen LogP contribution is 2.27. The Balaban J connectivity index is 1.97. The molecule has 0 atom stereocenters. The summed E-state index contributed by atoms with van der Waals surface area (Å²) in [7, 11) is 0. The van der Waals surface area contributed by atoms with E-state index in [0.717, 1.165) is 16.9 Å². The lowest BCUT2D eigenvalue weighted by molar-refractivity contribution is -0.141. The standard InChI is InChI=1S/C12H6BrClF3N5O/c13-8-9(14)19-5-21-10(8)20-22(11(21)23)4-6-1-2-7(18-3-6)12(15,16)17/h1-3,5H,4H2. The molecule has 3 rings (SSSR count). The Morgan fingerprint density at radius 3 is 2.61 bits per heavy atom. The Bertz CT molecular complexity index is 935. The van der Waals surface area contributed by atoms with Crippen molar-refractivity contribution in [2.24, 2.45) is 0 Å². The number of aromatic nitrogens is 5. The topological polar surface area (TPSA) is 65.1 Å². The van der Waals surface area contributed by atoms with Crippen LogP contribution in [-0.4, -0.2) is 24.1 Å². The smallest absolute Gasteiger partial charge is 0.251 e. The van der Waals surface area contributed by atoms with Crippen LogP contribution in [0.3, 0.4) is 0 Å².